The molecule has 2 aromatic rings. The Kier molecular flexibility index (Phi) is 2.14. The van der Waals surface area contributed by atoms with Gasteiger partial charge in [-0.2, -0.15) is 0 Å². The average molecular weight is 178 g/mol. The molecule has 1 aromatic heterocycles. The molecule has 1 aromatic carbocycles. The fraction of sp³-hybridized carbons (Fsp3) is 0.222. The monoisotopic (exact) mass is 178 g/mol. The second-order valence-electron chi connectivity index (χ2n) is 2.63. The van der Waals surface area contributed by atoms with E-state index in [0.717, 1.165) is 16.8 Å². The molecular formula is C9H10N2O2. The van der Waals surface area contributed by atoms with Crippen LogP contribution in [0.3, 0.4) is 0 Å². The van der Waals surface area contributed by atoms with Crippen molar-refractivity contribution in [3.8, 4) is 5.75 Å². The summed E-state index contributed by atoms with van der Waals surface area (Å²) >= 11 is 0. The van der Waals surface area contributed by atoms with Crippen LogP contribution in [0.15, 0.2) is 24.5 Å². The van der Waals surface area contributed by atoms with Crippen LogP contribution in [0.25, 0.3) is 11.0 Å². The number of aromatic nitrogens is 2. The van der Waals surface area contributed by atoms with E-state index in [2.05, 4.69) is 9.97 Å². The molecule has 0 saturated heterocycles. The van der Waals surface area contributed by atoms with Crippen molar-refractivity contribution >= 4 is 11.0 Å². The third-order valence-corrected chi connectivity index (χ3v) is 1.74. The Morgan fingerprint density at radius 2 is 2.38 bits per heavy atom. The van der Waals surface area contributed by atoms with E-state index in [1.165, 1.54) is 0 Å². The highest BCUT2D eigenvalue weighted by Gasteiger charge is 1.97. The van der Waals surface area contributed by atoms with Crippen LogP contribution in [0.1, 0.15) is 0 Å². The molecule has 2 rings (SSSR count). The summed E-state index contributed by atoms with van der Waals surface area (Å²) in [4.78, 5) is 7.10. The number of nitrogens with zero attached hydrogens (tertiary/aromatic N) is 1. The summed E-state index contributed by atoms with van der Waals surface area (Å²) in [7, 11) is 1.59. The zero-order valence-electron chi connectivity index (χ0n) is 7.28. The van der Waals surface area contributed by atoms with Crippen LogP contribution in [0.2, 0.25) is 0 Å². The third kappa shape index (κ3) is 1.62. The highest BCUT2D eigenvalue weighted by atomic mass is 16.7. The van der Waals surface area contributed by atoms with E-state index in [0.29, 0.717) is 0 Å². The summed E-state index contributed by atoms with van der Waals surface area (Å²) in [5.74, 6) is 0.776. The van der Waals surface area contributed by atoms with E-state index >= 15 is 0 Å². The van der Waals surface area contributed by atoms with E-state index in [-0.39, 0.29) is 6.79 Å². The Labute approximate surface area is 75.5 Å². The van der Waals surface area contributed by atoms with E-state index in [1.807, 2.05) is 18.2 Å². The second-order valence-corrected chi connectivity index (χ2v) is 2.63. The van der Waals surface area contributed by atoms with Crippen molar-refractivity contribution in [3.05, 3.63) is 24.5 Å². The number of ether oxygens (including phenoxy) is 2. The molecule has 4 heteroatoms. The average Bonchev–Trinajstić information content (AvgIpc) is 2.61. The zero-order chi connectivity index (χ0) is 9.10. The lowest BCUT2D eigenvalue weighted by Gasteiger charge is -2.03. The van der Waals surface area contributed by atoms with Crippen molar-refractivity contribution in [1.29, 1.82) is 0 Å². The first kappa shape index (κ1) is 8.07. The van der Waals surface area contributed by atoms with Gasteiger partial charge in [-0.3, -0.25) is 0 Å². The molecule has 0 aliphatic heterocycles. The molecule has 0 bridgehead atoms. The molecular weight excluding hydrogens is 168 g/mol. The van der Waals surface area contributed by atoms with Gasteiger partial charge in [0.2, 0.25) is 0 Å². The molecule has 0 spiro atoms. The molecule has 68 valence electrons. The van der Waals surface area contributed by atoms with Gasteiger partial charge in [-0.15, -0.1) is 0 Å². The van der Waals surface area contributed by atoms with E-state index in [4.69, 9.17) is 9.47 Å². The molecule has 0 fully saturated rings. The Balaban J connectivity index is 2.26. The normalized spacial score (nSPS) is 10.5. The Hall–Kier alpha value is -1.55. The molecule has 0 atom stereocenters. The summed E-state index contributed by atoms with van der Waals surface area (Å²) in [6, 6.07) is 5.65. The lowest BCUT2D eigenvalue weighted by atomic mass is 10.3. The van der Waals surface area contributed by atoms with Gasteiger partial charge >= 0.3 is 0 Å². The van der Waals surface area contributed by atoms with Crippen LogP contribution >= 0.6 is 0 Å². The predicted octanol–water partition coefficient (Wildman–Crippen LogP) is 1.55. The minimum Gasteiger partial charge on any atom is -0.467 e. The first-order valence-corrected chi connectivity index (χ1v) is 3.95. The quantitative estimate of drug-likeness (QED) is 0.725. The predicted molar refractivity (Wildman–Crippen MR) is 48.6 cm³/mol. The van der Waals surface area contributed by atoms with Crippen LogP contribution in [0.4, 0.5) is 0 Å². The van der Waals surface area contributed by atoms with Gasteiger partial charge < -0.3 is 14.5 Å². The first-order chi connectivity index (χ1) is 6.40. The molecule has 0 unspecified atom stereocenters. The van der Waals surface area contributed by atoms with Crippen LogP contribution in [-0.4, -0.2) is 23.9 Å². The summed E-state index contributed by atoms with van der Waals surface area (Å²) in [6.45, 7) is 0.264. The SMILES string of the molecule is COCOc1ccc2nc[nH]c2c1. The first-order valence-electron chi connectivity index (χ1n) is 3.95. The van der Waals surface area contributed by atoms with Crippen LogP contribution in [0.5, 0.6) is 5.75 Å². The van der Waals surface area contributed by atoms with Gasteiger partial charge in [0, 0.05) is 13.2 Å². The lowest BCUT2D eigenvalue weighted by Crippen LogP contribution is -1.98. The number of imidazole rings is 1. The fourth-order valence-corrected chi connectivity index (χ4v) is 1.13. The molecule has 1 N–H and O–H groups in total. The topological polar surface area (TPSA) is 47.1 Å². The van der Waals surface area contributed by atoms with Crippen molar-refractivity contribution in [1.82, 2.24) is 9.97 Å². The summed E-state index contributed by atoms with van der Waals surface area (Å²) in [5.41, 5.74) is 1.90. The molecule has 4 nitrogen and oxygen atoms in total. The number of methoxy groups -OCH3 is 1. The Morgan fingerprint density at radius 3 is 3.23 bits per heavy atom. The zero-order valence-corrected chi connectivity index (χ0v) is 7.28. The lowest BCUT2D eigenvalue weighted by molar-refractivity contribution is 0.0512. The number of H-pyrrole nitrogens is 1. The van der Waals surface area contributed by atoms with Crippen LogP contribution in [0, 0.1) is 0 Å². The number of fused-ring (bicyclic) bond motifs is 1. The molecule has 13 heavy (non-hydrogen) atoms. The maximum Gasteiger partial charge on any atom is 0.188 e. The standard InChI is InChI=1S/C9H10N2O2/c1-12-6-13-7-2-3-8-9(4-7)11-5-10-8/h2-5H,6H2,1H3,(H,10,11). The minimum absolute atomic E-state index is 0.264. The fourth-order valence-electron chi connectivity index (χ4n) is 1.13. The maximum atomic E-state index is 5.26. The largest absolute Gasteiger partial charge is 0.467 e. The molecule has 0 amide bonds. The molecule has 0 aliphatic rings. The molecule has 0 radical (unpaired) electrons. The Bertz CT molecular complexity index is 397. The smallest absolute Gasteiger partial charge is 0.188 e. The van der Waals surface area contributed by atoms with E-state index in [9.17, 15) is 0 Å². The summed E-state index contributed by atoms with van der Waals surface area (Å²) < 4.78 is 10.1. The number of aromatic amines is 1. The van der Waals surface area contributed by atoms with Crippen molar-refractivity contribution in [2.24, 2.45) is 0 Å². The highest BCUT2D eigenvalue weighted by molar-refractivity contribution is 5.75. The van der Waals surface area contributed by atoms with Crippen molar-refractivity contribution < 1.29 is 9.47 Å². The summed E-state index contributed by atoms with van der Waals surface area (Å²) in [6.07, 6.45) is 1.66. The van der Waals surface area contributed by atoms with Gasteiger partial charge in [0.15, 0.2) is 6.79 Å². The van der Waals surface area contributed by atoms with Gasteiger partial charge in [0.25, 0.3) is 0 Å². The molecule has 0 aliphatic carbocycles. The van der Waals surface area contributed by atoms with Crippen molar-refractivity contribution in [2.75, 3.05) is 13.9 Å². The van der Waals surface area contributed by atoms with Crippen LogP contribution < -0.4 is 4.74 Å². The minimum atomic E-state index is 0.264. The molecule has 1 heterocycles. The third-order valence-electron chi connectivity index (χ3n) is 1.74. The summed E-state index contributed by atoms with van der Waals surface area (Å²) in [5, 5.41) is 0. The second kappa shape index (κ2) is 3.45. The number of hydrogen-bond acceptors (Lipinski definition) is 3. The number of rotatable bonds is 3. The van der Waals surface area contributed by atoms with E-state index in [1.54, 1.807) is 13.4 Å². The van der Waals surface area contributed by atoms with Crippen molar-refractivity contribution in [2.45, 2.75) is 0 Å². The molecule has 0 saturated carbocycles. The number of nitrogens with one attached hydrogen (secondary N) is 1. The number of benzene rings is 1. The van der Waals surface area contributed by atoms with Gasteiger partial charge in [-0.05, 0) is 12.1 Å². The van der Waals surface area contributed by atoms with Gasteiger partial charge in [-0.1, -0.05) is 0 Å². The van der Waals surface area contributed by atoms with Gasteiger partial charge in [-0.25, -0.2) is 4.98 Å². The van der Waals surface area contributed by atoms with Crippen LogP contribution in [-0.2, 0) is 4.74 Å². The van der Waals surface area contributed by atoms with E-state index < -0.39 is 0 Å². The van der Waals surface area contributed by atoms with Gasteiger partial charge in [0.1, 0.15) is 5.75 Å². The van der Waals surface area contributed by atoms with Gasteiger partial charge in [0.05, 0.1) is 17.4 Å². The van der Waals surface area contributed by atoms with Crippen molar-refractivity contribution in [3.63, 3.8) is 0 Å². The Morgan fingerprint density at radius 1 is 1.46 bits per heavy atom. The number of hydrogen-bond donors (Lipinski definition) is 1. The highest BCUT2D eigenvalue weighted by Crippen LogP contribution is 2.17. The maximum absolute atomic E-state index is 5.26.